The van der Waals surface area contributed by atoms with E-state index in [1.54, 1.807) is 0 Å². The Morgan fingerprint density at radius 2 is 1.71 bits per heavy atom. The summed E-state index contributed by atoms with van der Waals surface area (Å²) in [6.07, 6.45) is 2.15. The van der Waals surface area contributed by atoms with Crippen LogP contribution in [-0.2, 0) is 16.4 Å². The summed E-state index contributed by atoms with van der Waals surface area (Å²) in [5.41, 5.74) is 7.67. The quantitative estimate of drug-likeness (QED) is 0.566. The Kier molecular flexibility index (Phi) is 7.44. The average molecular weight is 475 g/mol. The summed E-state index contributed by atoms with van der Waals surface area (Å²) < 4.78 is 36.6. The molecule has 34 heavy (non-hydrogen) atoms. The molecule has 0 saturated heterocycles. The number of halogens is 3. The summed E-state index contributed by atoms with van der Waals surface area (Å²) in [5, 5.41) is 0. The Morgan fingerprint density at radius 1 is 1.06 bits per heavy atom. The largest absolute Gasteiger partial charge is 0.416 e. The van der Waals surface area contributed by atoms with Crippen LogP contribution < -0.4 is 10.6 Å². The summed E-state index contributed by atoms with van der Waals surface area (Å²) in [6.45, 7) is 8.71. The van der Waals surface area contributed by atoms with Gasteiger partial charge in [-0.25, -0.2) is 0 Å². The van der Waals surface area contributed by atoms with Crippen molar-refractivity contribution in [2.24, 2.45) is 11.7 Å². The van der Waals surface area contributed by atoms with Gasteiger partial charge in [-0.1, -0.05) is 37.5 Å². The van der Waals surface area contributed by atoms with Crippen molar-refractivity contribution in [3.63, 3.8) is 0 Å². The van der Waals surface area contributed by atoms with Gasteiger partial charge in [0.15, 0.2) is 0 Å². The van der Waals surface area contributed by atoms with Gasteiger partial charge in [-0.15, -0.1) is 0 Å². The zero-order chi connectivity index (χ0) is 25.3. The van der Waals surface area contributed by atoms with Crippen LogP contribution in [0.25, 0.3) is 0 Å². The van der Waals surface area contributed by atoms with Crippen molar-refractivity contribution in [2.45, 2.75) is 71.4 Å². The number of carbonyl (C=O) groups excluding carboxylic acids is 2. The molecule has 1 heterocycles. The lowest BCUT2D eigenvalue weighted by atomic mass is 9.83. The van der Waals surface area contributed by atoms with E-state index in [4.69, 9.17) is 5.73 Å². The maximum Gasteiger partial charge on any atom is 0.416 e. The molecule has 184 valence electrons. The maximum atomic E-state index is 12.8. The molecule has 2 amide bonds. The monoisotopic (exact) mass is 474 g/mol. The first kappa shape index (κ1) is 25.8. The van der Waals surface area contributed by atoms with E-state index in [1.165, 1.54) is 56.2 Å². The van der Waals surface area contributed by atoms with Gasteiger partial charge >= 0.3 is 6.18 Å². The van der Waals surface area contributed by atoms with Gasteiger partial charge < -0.3 is 10.6 Å². The minimum Gasteiger partial charge on any atom is -0.366 e. The number of nitrogens with two attached hydrogens (primary N) is 1. The van der Waals surface area contributed by atoms with Crippen LogP contribution in [0.1, 0.15) is 78.6 Å². The van der Waals surface area contributed by atoms with Crippen LogP contribution in [0.3, 0.4) is 0 Å². The second-order valence-corrected chi connectivity index (χ2v) is 9.91. The molecule has 2 N–H and O–H groups in total. The van der Waals surface area contributed by atoms with Gasteiger partial charge in [0.2, 0.25) is 11.8 Å². The molecule has 2 aromatic carbocycles. The third-order valence-electron chi connectivity index (χ3n) is 6.94. The Hall–Kier alpha value is -2.83. The van der Waals surface area contributed by atoms with Crippen molar-refractivity contribution in [2.75, 3.05) is 11.4 Å². The summed E-state index contributed by atoms with van der Waals surface area (Å²) in [5.74, 6) is 0.121. The van der Waals surface area contributed by atoms with E-state index in [-0.39, 0.29) is 16.9 Å². The van der Waals surface area contributed by atoms with Crippen molar-refractivity contribution in [3.05, 3.63) is 64.2 Å². The molecule has 1 saturated carbocycles. The van der Waals surface area contributed by atoms with Crippen LogP contribution in [0.15, 0.2) is 36.4 Å². The van der Waals surface area contributed by atoms with Crippen molar-refractivity contribution >= 4 is 17.5 Å². The van der Waals surface area contributed by atoms with Crippen LogP contribution in [0.4, 0.5) is 18.9 Å². The number of fused-ring (bicyclic) bond motifs is 1. The number of hydrogen-bond acceptors (Lipinski definition) is 2. The molecule has 0 spiro atoms. The molecule has 4 nitrogen and oxygen atoms in total. The lowest BCUT2D eigenvalue weighted by Crippen LogP contribution is -2.39. The fourth-order valence-electron chi connectivity index (χ4n) is 5.12. The van der Waals surface area contributed by atoms with E-state index < -0.39 is 17.6 Å². The van der Waals surface area contributed by atoms with Crippen LogP contribution in [0.5, 0.6) is 0 Å². The highest BCUT2D eigenvalue weighted by molar-refractivity contribution is 6.08. The molecule has 2 aliphatic rings. The van der Waals surface area contributed by atoms with Crippen molar-refractivity contribution < 1.29 is 22.8 Å². The first-order chi connectivity index (χ1) is 15.8. The smallest absolute Gasteiger partial charge is 0.366 e. The standard InChI is InChI=1S/C18H25NO.C9H8F3NO/c1-13-8-7-11-15-16(13)18(2,3)17(20)19(15)12-14-9-5-4-6-10-14;1-5-2-3-6(9(10,11)12)4-7(5)8(13)14/h7-8,11,14H,4-6,9-10,12H2,1-3H3;2-4H,1H3,(H2,13,14). The molecule has 1 aliphatic carbocycles. The van der Waals surface area contributed by atoms with Gasteiger partial charge in [0.1, 0.15) is 0 Å². The van der Waals surface area contributed by atoms with Gasteiger partial charge in [0.05, 0.1) is 11.0 Å². The number of rotatable bonds is 3. The average Bonchev–Trinajstić information content (AvgIpc) is 2.95. The highest BCUT2D eigenvalue weighted by Gasteiger charge is 2.45. The third-order valence-corrected chi connectivity index (χ3v) is 6.94. The Bertz CT molecular complexity index is 1070. The SMILES string of the molecule is Cc1ccc(C(F)(F)F)cc1C(N)=O.Cc1cccc2c1C(C)(C)C(=O)N2CC1CCCCC1. The Balaban J connectivity index is 0.000000204. The summed E-state index contributed by atoms with van der Waals surface area (Å²) in [6, 6.07) is 9.23. The molecule has 0 unspecified atom stereocenters. The number of nitrogens with zero attached hydrogens (tertiary/aromatic N) is 1. The number of amides is 2. The molecule has 4 rings (SSSR count). The molecule has 0 aromatic heterocycles. The zero-order valence-corrected chi connectivity index (χ0v) is 20.3. The Morgan fingerprint density at radius 3 is 2.29 bits per heavy atom. The fourth-order valence-corrected chi connectivity index (χ4v) is 5.12. The van der Waals surface area contributed by atoms with E-state index in [1.807, 2.05) is 0 Å². The molecule has 0 atom stereocenters. The minimum atomic E-state index is -4.45. The normalized spacial score (nSPS) is 17.7. The number of benzene rings is 2. The predicted octanol–water partition coefficient (Wildman–Crippen LogP) is 6.31. The highest BCUT2D eigenvalue weighted by atomic mass is 19.4. The predicted molar refractivity (Wildman–Crippen MR) is 128 cm³/mol. The van der Waals surface area contributed by atoms with Crippen molar-refractivity contribution in [1.29, 1.82) is 0 Å². The van der Waals surface area contributed by atoms with E-state index in [0.29, 0.717) is 11.5 Å². The van der Waals surface area contributed by atoms with Crippen molar-refractivity contribution in [1.82, 2.24) is 0 Å². The number of carbonyl (C=O) groups is 2. The zero-order valence-electron chi connectivity index (χ0n) is 20.3. The molecule has 1 aliphatic heterocycles. The Labute approximate surface area is 199 Å². The lowest BCUT2D eigenvalue weighted by molar-refractivity contribution is -0.137. The summed E-state index contributed by atoms with van der Waals surface area (Å²) in [7, 11) is 0. The van der Waals surface area contributed by atoms with Gasteiger partial charge in [-0.3, -0.25) is 9.59 Å². The van der Waals surface area contributed by atoms with Crippen LogP contribution in [0.2, 0.25) is 0 Å². The summed E-state index contributed by atoms with van der Waals surface area (Å²) >= 11 is 0. The van der Waals surface area contributed by atoms with E-state index in [2.05, 4.69) is 43.9 Å². The molecule has 7 heteroatoms. The van der Waals surface area contributed by atoms with Crippen LogP contribution in [-0.4, -0.2) is 18.4 Å². The molecule has 0 bridgehead atoms. The molecular weight excluding hydrogens is 441 g/mol. The lowest BCUT2D eigenvalue weighted by Gasteiger charge is -2.28. The van der Waals surface area contributed by atoms with Gasteiger partial charge in [-0.2, -0.15) is 13.2 Å². The first-order valence-corrected chi connectivity index (χ1v) is 11.7. The first-order valence-electron chi connectivity index (χ1n) is 11.7. The van der Waals surface area contributed by atoms with Gasteiger partial charge in [0.25, 0.3) is 0 Å². The number of primary amides is 1. The topological polar surface area (TPSA) is 63.4 Å². The number of aryl methyl sites for hydroxylation is 2. The van der Waals surface area contributed by atoms with E-state index >= 15 is 0 Å². The number of hydrogen-bond donors (Lipinski definition) is 1. The van der Waals surface area contributed by atoms with E-state index in [0.717, 1.165) is 24.4 Å². The van der Waals surface area contributed by atoms with Crippen LogP contribution in [0, 0.1) is 19.8 Å². The second-order valence-electron chi connectivity index (χ2n) is 9.91. The van der Waals surface area contributed by atoms with Crippen molar-refractivity contribution in [3.8, 4) is 0 Å². The third kappa shape index (κ3) is 5.29. The fraction of sp³-hybridized carbons (Fsp3) is 0.481. The van der Waals surface area contributed by atoms with E-state index in [9.17, 15) is 22.8 Å². The van der Waals surface area contributed by atoms with Gasteiger partial charge in [-0.05, 0) is 81.3 Å². The van der Waals surface area contributed by atoms with Gasteiger partial charge in [0, 0.05) is 17.8 Å². The molecule has 1 fully saturated rings. The van der Waals surface area contributed by atoms with Crippen LogP contribution >= 0.6 is 0 Å². The summed E-state index contributed by atoms with van der Waals surface area (Å²) in [4.78, 5) is 25.7. The second kappa shape index (κ2) is 9.80. The maximum absolute atomic E-state index is 12.8. The molecule has 0 radical (unpaired) electrons. The number of alkyl halides is 3. The minimum absolute atomic E-state index is 0.0974. The molecule has 2 aromatic rings. The molecular formula is C27H33F3N2O2. The number of anilines is 1. The highest BCUT2D eigenvalue weighted by Crippen LogP contribution is 2.44.